The summed E-state index contributed by atoms with van der Waals surface area (Å²) in [6.45, 7) is 0.489. The molecule has 1 saturated heterocycles. The molecule has 2 atom stereocenters. The molecular formula is C20H19F3N2OS. The zero-order valence-corrected chi connectivity index (χ0v) is 15.3. The molecule has 0 radical (unpaired) electrons. The number of rotatable bonds is 3. The third-order valence-electron chi connectivity index (χ3n) is 4.49. The van der Waals surface area contributed by atoms with E-state index in [2.05, 4.69) is 5.10 Å². The van der Waals surface area contributed by atoms with Gasteiger partial charge in [0.1, 0.15) is 11.1 Å². The Balaban J connectivity index is 1.93. The van der Waals surface area contributed by atoms with E-state index in [1.54, 1.807) is 12.1 Å². The van der Waals surface area contributed by atoms with Crippen molar-refractivity contribution in [2.24, 2.45) is 5.10 Å². The van der Waals surface area contributed by atoms with Crippen molar-refractivity contribution in [2.75, 3.05) is 6.61 Å². The van der Waals surface area contributed by atoms with Gasteiger partial charge in [-0.25, -0.2) is 0 Å². The molecule has 2 aliphatic heterocycles. The molecular weight excluding hydrogens is 373 g/mol. The largest absolute Gasteiger partial charge is 0.510 e. The summed E-state index contributed by atoms with van der Waals surface area (Å²) < 4.78 is 47.8. The monoisotopic (exact) mass is 392 g/mol. The molecule has 2 aliphatic rings. The molecule has 0 spiro atoms. The van der Waals surface area contributed by atoms with Gasteiger partial charge in [-0.05, 0) is 35.5 Å². The van der Waals surface area contributed by atoms with Gasteiger partial charge in [0, 0.05) is 12.2 Å². The van der Waals surface area contributed by atoms with Gasteiger partial charge in [-0.15, -0.1) is 17.6 Å². The quantitative estimate of drug-likeness (QED) is 0.533. The maximum Gasteiger partial charge on any atom is 0.510 e. The third-order valence-corrected chi connectivity index (χ3v) is 6.87. The molecule has 0 saturated carbocycles. The molecule has 7 heteroatoms. The molecule has 142 valence electrons. The summed E-state index contributed by atoms with van der Waals surface area (Å²) in [4.78, 5) is 0.603. The van der Waals surface area contributed by atoms with Crippen molar-refractivity contribution in [1.29, 1.82) is 0 Å². The predicted octanol–water partition coefficient (Wildman–Crippen LogP) is 5.16. The van der Waals surface area contributed by atoms with Crippen molar-refractivity contribution < 1.29 is 17.9 Å². The Morgan fingerprint density at radius 2 is 1.56 bits per heavy atom. The molecule has 4 rings (SSSR count). The Bertz CT molecular complexity index is 860. The van der Waals surface area contributed by atoms with E-state index < -0.39 is 22.4 Å². The Morgan fingerprint density at radius 1 is 0.926 bits per heavy atom. The first-order valence-electron chi connectivity index (χ1n) is 8.84. The standard InChI is InChI=1S/C20H19F3N2OS/c21-20(22,23)25-24-18(15-9-3-1-4-10-15)19(16-11-5-2-6-12-16)27(25)17-13-7-8-14-26-17/h1-6,9-12,17H,7-8,13-14H2. The minimum Gasteiger partial charge on any atom is -0.366 e. The van der Waals surface area contributed by atoms with Gasteiger partial charge in [0.25, 0.3) is 0 Å². The van der Waals surface area contributed by atoms with E-state index >= 15 is 0 Å². The molecule has 2 aromatic carbocycles. The van der Waals surface area contributed by atoms with Crippen molar-refractivity contribution in [3.8, 4) is 0 Å². The second-order valence-corrected chi connectivity index (χ2v) is 8.27. The summed E-state index contributed by atoms with van der Waals surface area (Å²) in [6.07, 6.45) is -2.22. The van der Waals surface area contributed by atoms with Gasteiger partial charge in [-0.3, -0.25) is 0 Å². The van der Waals surface area contributed by atoms with Crippen LogP contribution >= 0.6 is 10.7 Å². The lowest BCUT2D eigenvalue weighted by atomic mass is 10.0. The van der Waals surface area contributed by atoms with Gasteiger partial charge in [-0.2, -0.15) is 5.10 Å². The molecule has 3 nitrogen and oxygen atoms in total. The van der Waals surface area contributed by atoms with Gasteiger partial charge >= 0.3 is 6.30 Å². The van der Waals surface area contributed by atoms with Crippen LogP contribution in [0, 0.1) is 0 Å². The second-order valence-electron chi connectivity index (χ2n) is 6.36. The summed E-state index contributed by atoms with van der Waals surface area (Å²) in [5, 5.41) is 4.06. The number of nitrogens with zero attached hydrogens (tertiary/aromatic N) is 2. The van der Waals surface area contributed by atoms with Crippen LogP contribution < -0.4 is 0 Å². The van der Waals surface area contributed by atoms with Crippen LogP contribution in [0.2, 0.25) is 0 Å². The summed E-state index contributed by atoms with van der Waals surface area (Å²) in [7, 11) is -1.34. The topological polar surface area (TPSA) is 24.8 Å². The van der Waals surface area contributed by atoms with Crippen LogP contribution in [0.25, 0.3) is 0 Å². The highest BCUT2D eigenvalue weighted by Gasteiger charge is 2.47. The highest BCUT2D eigenvalue weighted by molar-refractivity contribution is 8.16. The van der Waals surface area contributed by atoms with Gasteiger partial charge in [0.15, 0.2) is 0 Å². The zero-order valence-electron chi connectivity index (χ0n) is 14.5. The van der Waals surface area contributed by atoms with E-state index in [0.717, 1.165) is 18.4 Å². The average Bonchev–Trinajstić information content (AvgIpc) is 3.11. The fraction of sp³-hybridized carbons (Fsp3) is 0.300. The normalized spacial score (nSPS) is 23.4. The maximum absolute atomic E-state index is 13.9. The van der Waals surface area contributed by atoms with Crippen molar-refractivity contribution in [1.82, 2.24) is 4.41 Å². The fourth-order valence-corrected chi connectivity index (χ4v) is 5.70. The number of halogens is 3. The number of hydrogen-bond donors (Lipinski definition) is 0. The molecule has 0 aliphatic carbocycles. The smallest absolute Gasteiger partial charge is 0.366 e. The van der Waals surface area contributed by atoms with Crippen molar-refractivity contribution >= 4 is 21.2 Å². The second kappa shape index (κ2) is 7.48. The number of alkyl halides is 3. The number of hydrazone groups is 1. The van der Waals surface area contributed by atoms with Gasteiger partial charge in [-0.1, -0.05) is 60.7 Å². The molecule has 1 fully saturated rings. The molecule has 2 heterocycles. The van der Waals surface area contributed by atoms with E-state index in [9.17, 15) is 13.2 Å². The van der Waals surface area contributed by atoms with E-state index in [1.165, 1.54) is 0 Å². The highest BCUT2D eigenvalue weighted by Crippen LogP contribution is 2.46. The molecule has 27 heavy (non-hydrogen) atoms. The fourth-order valence-electron chi connectivity index (χ4n) is 3.30. The van der Waals surface area contributed by atoms with Gasteiger partial charge < -0.3 is 4.74 Å². The Hall–Kier alpha value is -2.12. The lowest BCUT2D eigenvalue weighted by molar-refractivity contribution is -0.207. The van der Waals surface area contributed by atoms with Crippen LogP contribution in [0.3, 0.4) is 0 Å². The molecule has 0 N–H and O–H groups in total. The number of benzene rings is 2. The van der Waals surface area contributed by atoms with Crippen LogP contribution in [-0.4, -0.2) is 33.3 Å². The lowest BCUT2D eigenvalue weighted by Crippen LogP contribution is -2.33. The minimum absolute atomic E-state index is 0.313. The molecule has 0 aromatic heterocycles. The summed E-state index contributed by atoms with van der Waals surface area (Å²) in [5.74, 6) is 0. The van der Waals surface area contributed by atoms with Crippen molar-refractivity contribution in [2.45, 2.75) is 31.0 Å². The zero-order chi connectivity index (χ0) is 18.9. The SMILES string of the molecule is FC(F)(F)N1N=C(c2ccccc2)C(c2ccccc2)=S1C1CCCCO1. The predicted molar refractivity (Wildman–Crippen MR) is 103 cm³/mol. The van der Waals surface area contributed by atoms with E-state index in [1.807, 2.05) is 48.5 Å². The molecule has 2 aromatic rings. The van der Waals surface area contributed by atoms with Crippen molar-refractivity contribution in [3.63, 3.8) is 0 Å². The minimum atomic E-state index is -4.57. The summed E-state index contributed by atoms with van der Waals surface area (Å²) in [6, 6.07) is 18.3. The average molecular weight is 392 g/mol. The van der Waals surface area contributed by atoms with E-state index in [4.69, 9.17) is 4.74 Å². The third kappa shape index (κ3) is 3.66. The van der Waals surface area contributed by atoms with E-state index in [0.29, 0.717) is 33.6 Å². The van der Waals surface area contributed by atoms with Crippen LogP contribution in [-0.2, 0) is 4.74 Å². The highest BCUT2D eigenvalue weighted by atomic mass is 32.2. The van der Waals surface area contributed by atoms with Crippen molar-refractivity contribution in [3.05, 3.63) is 71.8 Å². The number of ether oxygens (including phenoxy) is 1. The van der Waals surface area contributed by atoms with Crippen LogP contribution in [0.1, 0.15) is 30.4 Å². The van der Waals surface area contributed by atoms with Crippen LogP contribution in [0.15, 0.2) is 65.8 Å². The molecule has 0 bridgehead atoms. The van der Waals surface area contributed by atoms with Crippen LogP contribution in [0.4, 0.5) is 13.2 Å². The van der Waals surface area contributed by atoms with Gasteiger partial charge in [0.05, 0.1) is 4.86 Å². The summed E-state index contributed by atoms with van der Waals surface area (Å²) in [5.41, 5.74) is 1.29. The number of hydrogen-bond acceptors (Lipinski definition) is 3. The van der Waals surface area contributed by atoms with Gasteiger partial charge in [0.2, 0.25) is 0 Å². The lowest BCUT2D eigenvalue weighted by Gasteiger charge is -2.31. The Kier molecular flexibility index (Phi) is 5.06. The first-order chi connectivity index (χ1) is 13.1. The Morgan fingerprint density at radius 3 is 2.11 bits per heavy atom. The maximum atomic E-state index is 13.9. The first kappa shape index (κ1) is 18.3. The molecule has 0 amide bonds. The molecule has 2 unspecified atom stereocenters. The summed E-state index contributed by atoms with van der Waals surface area (Å²) >= 11 is 0. The Labute approximate surface area is 158 Å². The first-order valence-corrected chi connectivity index (χ1v) is 10.1. The van der Waals surface area contributed by atoms with E-state index in [-0.39, 0.29) is 0 Å². The van der Waals surface area contributed by atoms with Crippen LogP contribution in [0.5, 0.6) is 0 Å².